The molecule has 156 valence electrons. The summed E-state index contributed by atoms with van der Waals surface area (Å²) < 4.78 is 20.0. The second-order valence-electron chi connectivity index (χ2n) is 7.95. The van der Waals surface area contributed by atoms with Crippen molar-refractivity contribution < 1.29 is 19.0 Å². The Bertz CT molecular complexity index is 886. The molecular formula is C21H26FN3O3S. The van der Waals surface area contributed by atoms with Gasteiger partial charge in [-0.25, -0.2) is 9.37 Å². The molecule has 6 nitrogen and oxygen atoms in total. The van der Waals surface area contributed by atoms with Gasteiger partial charge in [0.05, 0.1) is 23.9 Å². The molecule has 2 atom stereocenters. The van der Waals surface area contributed by atoms with E-state index in [1.807, 2.05) is 6.92 Å². The van der Waals surface area contributed by atoms with E-state index in [9.17, 15) is 14.3 Å². The Morgan fingerprint density at radius 3 is 3.10 bits per heavy atom. The lowest BCUT2D eigenvalue weighted by molar-refractivity contribution is -0.143. The largest absolute Gasteiger partial charge is 0.505 e. The van der Waals surface area contributed by atoms with Gasteiger partial charge in [-0.05, 0) is 37.5 Å². The molecule has 1 aromatic carbocycles. The molecule has 1 amide bonds. The molecule has 2 N–H and O–H groups in total. The summed E-state index contributed by atoms with van der Waals surface area (Å²) in [5.74, 6) is -1.02. The number of aromatic hydroxyl groups is 1. The number of thiazole rings is 1. The summed E-state index contributed by atoms with van der Waals surface area (Å²) in [4.78, 5) is 19.9. The average Bonchev–Trinajstić information content (AvgIpc) is 3.13. The number of nitrogens with zero attached hydrogens (tertiary/aromatic N) is 2. The quantitative estimate of drug-likeness (QED) is 0.796. The van der Waals surface area contributed by atoms with Crippen molar-refractivity contribution in [3.05, 3.63) is 45.7 Å². The van der Waals surface area contributed by atoms with Crippen LogP contribution < -0.4 is 5.32 Å². The summed E-state index contributed by atoms with van der Waals surface area (Å²) in [7, 11) is 0. The van der Waals surface area contributed by atoms with Gasteiger partial charge in [0.2, 0.25) is 0 Å². The van der Waals surface area contributed by atoms with Crippen molar-refractivity contribution in [3.63, 3.8) is 0 Å². The molecule has 2 aromatic rings. The minimum Gasteiger partial charge on any atom is -0.505 e. The Morgan fingerprint density at radius 1 is 1.48 bits per heavy atom. The molecule has 29 heavy (non-hydrogen) atoms. The van der Waals surface area contributed by atoms with E-state index in [1.54, 1.807) is 11.6 Å². The van der Waals surface area contributed by atoms with Crippen LogP contribution in [-0.2, 0) is 11.3 Å². The van der Waals surface area contributed by atoms with Gasteiger partial charge in [0.25, 0.3) is 5.91 Å². The number of rotatable bonds is 4. The molecule has 1 aliphatic heterocycles. The molecule has 1 saturated heterocycles. The summed E-state index contributed by atoms with van der Waals surface area (Å²) in [6, 6.07) is 4.45. The number of halogens is 1. The molecule has 1 aliphatic carbocycles. The zero-order chi connectivity index (χ0) is 20.4. The van der Waals surface area contributed by atoms with Crippen LogP contribution >= 0.6 is 11.3 Å². The Hall–Kier alpha value is -2.03. The number of amides is 1. The van der Waals surface area contributed by atoms with E-state index in [2.05, 4.69) is 15.2 Å². The van der Waals surface area contributed by atoms with E-state index in [-0.39, 0.29) is 17.7 Å². The lowest BCUT2D eigenvalue weighted by Gasteiger charge is -2.49. The molecule has 1 spiro atoms. The molecule has 0 radical (unpaired) electrons. The van der Waals surface area contributed by atoms with Gasteiger partial charge in [-0.2, -0.15) is 0 Å². The van der Waals surface area contributed by atoms with Crippen LogP contribution in [-0.4, -0.2) is 52.2 Å². The molecule has 1 saturated carbocycles. The number of hydrogen-bond acceptors (Lipinski definition) is 6. The highest BCUT2D eigenvalue weighted by Crippen LogP contribution is 2.36. The van der Waals surface area contributed by atoms with E-state index in [1.165, 1.54) is 23.5 Å². The number of ether oxygens (including phenoxy) is 1. The normalized spacial score (nSPS) is 25.2. The van der Waals surface area contributed by atoms with Crippen molar-refractivity contribution in [2.45, 2.75) is 50.8 Å². The van der Waals surface area contributed by atoms with E-state index in [0.717, 1.165) is 43.5 Å². The van der Waals surface area contributed by atoms with Crippen LogP contribution in [0.5, 0.6) is 5.75 Å². The van der Waals surface area contributed by atoms with Gasteiger partial charge in [0.15, 0.2) is 11.6 Å². The Balaban J connectivity index is 1.48. The topological polar surface area (TPSA) is 74.7 Å². The molecule has 1 aromatic heterocycles. The predicted molar refractivity (Wildman–Crippen MR) is 109 cm³/mol. The van der Waals surface area contributed by atoms with Crippen LogP contribution in [0.25, 0.3) is 0 Å². The van der Waals surface area contributed by atoms with Crippen molar-refractivity contribution >= 4 is 17.2 Å². The lowest BCUT2D eigenvalue weighted by atomic mass is 9.78. The summed E-state index contributed by atoms with van der Waals surface area (Å²) in [6.45, 7) is 4.43. The van der Waals surface area contributed by atoms with Gasteiger partial charge in [-0.3, -0.25) is 9.69 Å². The third-order valence-electron chi connectivity index (χ3n) is 5.94. The van der Waals surface area contributed by atoms with Gasteiger partial charge in [-0.1, -0.05) is 18.9 Å². The van der Waals surface area contributed by atoms with Crippen molar-refractivity contribution in [3.8, 4) is 5.75 Å². The maximum absolute atomic E-state index is 13.7. The third kappa shape index (κ3) is 4.29. The van der Waals surface area contributed by atoms with Crippen LogP contribution in [0.15, 0.2) is 23.7 Å². The first kappa shape index (κ1) is 20.3. The van der Waals surface area contributed by atoms with E-state index in [4.69, 9.17) is 4.74 Å². The third-order valence-corrected chi connectivity index (χ3v) is 6.87. The molecule has 0 bridgehead atoms. The van der Waals surface area contributed by atoms with Gasteiger partial charge < -0.3 is 15.2 Å². The zero-order valence-corrected chi connectivity index (χ0v) is 17.3. The number of carbonyl (C=O) groups excluding carboxylic acids is 1. The van der Waals surface area contributed by atoms with Gasteiger partial charge in [0, 0.05) is 19.6 Å². The molecule has 4 rings (SSSR count). The van der Waals surface area contributed by atoms with E-state index in [0.29, 0.717) is 24.6 Å². The van der Waals surface area contributed by atoms with Crippen LogP contribution in [0, 0.1) is 12.7 Å². The van der Waals surface area contributed by atoms with Crippen molar-refractivity contribution in [1.82, 2.24) is 15.2 Å². The minimum absolute atomic E-state index is 0.0652. The van der Waals surface area contributed by atoms with Crippen molar-refractivity contribution in [1.29, 1.82) is 0 Å². The standard InChI is InChI=1S/C21H26FN3O3S/c1-14-19(29-13-23-14)20(27)24-18-4-2-3-7-21(18)12-25(8-9-28-21)11-15-5-6-17(26)16(22)10-15/h5-6,10,13,18,26H,2-4,7-9,11-12H2,1H3,(H,24,27)/t18-,21-/m0/s1. The second kappa shape index (κ2) is 8.38. The SMILES string of the molecule is Cc1ncsc1C(=O)N[C@H]1CCCC[C@]12CN(Cc1ccc(O)c(F)c1)CCO2. The van der Waals surface area contributed by atoms with Crippen molar-refractivity contribution in [2.75, 3.05) is 19.7 Å². The van der Waals surface area contributed by atoms with E-state index < -0.39 is 11.4 Å². The monoisotopic (exact) mass is 419 g/mol. The van der Waals surface area contributed by atoms with Crippen LogP contribution in [0.4, 0.5) is 4.39 Å². The molecule has 0 unspecified atom stereocenters. The fourth-order valence-corrected chi connectivity index (χ4v) is 5.15. The molecule has 2 aliphatic rings. The first-order chi connectivity index (χ1) is 14.0. The summed E-state index contributed by atoms with van der Waals surface area (Å²) in [5, 5.41) is 12.6. The maximum Gasteiger partial charge on any atom is 0.263 e. The minimum atomic E-state index is -0.604. The molecule has 8 heteroatoms. The number of hydrogen-bond donors (Lipinski definition) is 2. The van der Waals surface area contributed by atoms with Gasteiger partial charge >= 0.3 is 0 Å². The zero-order valence-electron chi connectivity index (χ0n) is 16.5. The number of aromatic nitrogens is 1. The van der Waals surface area contributed by atoms with Crippen molar-refractivity contribution in [2.24, 2.45) is 0 Å². The highest BCUT2D eigenvalue weighted by Gasteiger charge is 2.46. The summed E-state index contributed by atoms with van der Waals surface area (Å²) in [5.41, 5.74) is 2.82. The fourth-order valence-electron chi connectivity index (χ4n) is 4.44. The number of benzene rings is 1. The number of phenols is 1. The Kier molecular flexibility index (Phi) is 5.85. The van der Waals surface area contributed by atoms with Crippen LogP contribution in [0.1, 0.15) is 46.6 Å². The molecule has 2 fully saturated rings. The number of nitrogens with one attached hydrogen (secondary N) is 1. The second-order valence-corrected chi connectivity index (χ2v) is 8.80. The first-order valence-electron chi connectivity index (χ1n) is 10.0. The number of morpholine rings is 1. The maximum atomic E-state index is 13.7. The highest BCUT2D eigenvalue weighted by molar-refractivity contribution is 7.11. The Labute approximate surface area is 173 Å². The predicted octanol–water partition coefficient (Wildman–Crippen LogP) is 3.24. The number of phenolic OH excluding ortho intramolecular Hbond substituents is 1. The molecular weight excluding hydrogens is 393 g/mol. The fraction of sp³-hybridized carbons (Fsp3) is 0.524. The van der Waals surface area contributed by atoms with Gasteiger partial charge in [-0.15, -0.1) is 11.3 Å². The average molecular weight is 420 g/mol. The van der Waals surface area contributed by atoms with Gasteiger partial charge in [0.1, 0.15) is 10.5 Å². The molecule has 2 heterocycles. The lowest BCUT2D eigenvalue weighted by Crippen LogP contribution is -2.63. The first-order valence-corrected chi connectivity index (χ1v) is 10.9. The Morgan fingerprint density at radius 2 is 2.34 bits per heavy atom. The summed E-state index contributed by atoms with van der Waals surface area (Å²) in [6.07, 6.45) is 3.89. The number of carbonyl (C=O) groups is 1. The number of aryl methyl sites for hydroxylation is 1. The summed E-state index contributed by atoms with van der Waals surface area (Å²) >= 11 is 1.36. The highest BCUT2D eigenvalue weighted by atomic mass is 32.1. The van der Waals surface area contributed by atoms with Crippen LogP contribution in [0.3, 0.4) is 0 Å². The smallest absolute Gasteiger partial charge is 0.263 e. The van der Waals surface area contributed by atoms with Crippen LogP contribution in [0.2, 0.25) is 0 Å². The van der Waals surface area contributed by atoms with E-state index >= 15 is 0 Å².